The molecule has 2 heterocycles. The van der Waals surface area contributed by atoms with E-state index in [4.69, 9.17) is 19.2 Å². The zero-order valence-corrected chi connectivity index (χ0v) is 26.4. The quantitative estimate of drug-likeness (QED) is 0.0814. The van der Waals surface area contributed by atoms with Crippen LogP contribution < -0.4 is 20.9 Å². The normalized spacial score (nSPS) is 12.8. The Morgan fingerprint density at radius 3 is 2.51 bits per heavy atom. The van der Waals surface area contributed by atoms with Gasteiger partial charge in [0.1, 0.15) is 17.1 Å². The second-order valence-corrected chi connectivity index (χ2v) is 11.8. The molecule has 1 unspecified atom stereocenters. The maximum Gasteiger partial charge on any atom is 0.421 e. The highest BCUT2D eigenvalue weighted by molar-refractivity contribution is 7.51. The number of nitrogens with zero attached hydrogens (tertiary/aromatic N) is 4. The van der Waals surface area contributed by atoms with Crippen LogP contribution >= 0.6 is 7.60 Å². The molecular weight excluding hydrogens is 646 g/mol. The fraction of sp³-hybridized carbons (Fsp3) is 0.310. The Labute approximate surface area is 267 Å². The van der Waals surface area contributed by atoms with Gasteiger partial charge in [-0.2, -0.15) is 23.3 Å². The van der Waals surface area contributed by atoms with Crippen LogP contribution in [0.1, 0.15) is 34.8 Å². The third-order valence-electron chi connectivity index (χ3n) is 6.54. The average Bonchev–Trinajstić information content (AvgIpc) is 3.49. The monoisotopic (exact) mass is 679 g/mol. The number of aliphatic hydroxyl groups excluding tert-OH is 1. The maximum absolute atomic E-state index is 14.1. The molecule has 0 radical (unpaired) electrons. The Kier molecular flexibility index (Phi) is 11.5. The van der Waals surface area contributed by atoms with Gasteiger partial charge in [-0.1, -0.05) is 12.1 Å². The number of benzene rings is 2. The molecule has 0 bridgehead atoms. The number of hydroxylamine groups is 1. The smallest absolute Gasteiger partial charge is 0.421 e. The van der Waals surface area contributed by atoms with Gasteiger partial charge in [0, 0.05) is 31.1 Å². The van der Waals surface area contributed by atoms with Crippen molar-refractivity contribution in [1.29, 1.82) is 0 Å². The van der Waals surface area contributed by atoms with Crippen LogP contribution in [0.3, 0.4) is 0 Å². The minimum Gasteiger partial charge on any atom is -0.495 e. The summed E-state index contributed by atoms with van der Waals surface area (Å²) in [6, 6.07) is 8.97. The molecule has 1 amide bonds. The van der Waals surface area contributed by atoms with Crippen molar-refractivity contribution in [2.45, 2.75) is 32.2 Å². The lowest BCUT2D eigenvalue weighted by Crippen LogP contribution is -2.23. The molecule has 4 aromatic rings. The topological polar surface area (TPSA) is 182 Å². The number of aromatic nitrogens is 4. The van der Waals surface area contributed by atoms with Crippen LogP contribution in [0.4, 0.5) is 36.3 Å². The van der Waals surface area contributed by atoms with E-state index in [9.17, 15) is 27.4 Å². The molecule has 0 saturated carbocycles. The fourth-order valence-electron chi connectivity index (χ4n) is 4.44. The SMILES string of the molecule is CCOP(=O)(O)Cc1ccc(Nc2ncc(C(F)(F)F)c(Nc3ccc(-c4cnn(CCCO)c4)cc3C(=O)NOC)n2)c(OC)c1. The third kappa shape index (κ3) is 9.27. The van der Waals surface area contributed by atoms with Gasteiger partial charge >= 0.3 is 13.8 Å². The predicted molar refractivity (Wildman–Crippen MR) is 166 cm³/mol. The van der Waals surface area contributed by atoms with Crippen molar-refractivity contribution in [3.05, 3.63) is 71.7 Å². The van der Waals surface area contributed by atoms with Crippen molar-refractivity contribution < 1.29 is 46.6 Å². The molecule has 18 heteroatoms. The lowest BCUT2D eigenvalue weighted by atomic mass is 10.0. The van der Waals surface area contributed by atoms with Gasteiger partial charge in [-0.15, -0.1) is 0 Å². The molecule has 5 N–H and O–H groups in total. The molecule has 2 aromatic heterocycles. The molecule has 0 saturated heterocycles. The number of aliphatic hydroxyl groups is 1. The number of halogens is 3. The number of rotatable bonds is 15. The molecule has 0 aliphatic rings. The van der Waals surface area contributed by atoms with Crippen molar-refractivity contribution in [3.63, 3.8) is 0 Å². The molecule has 4 rings (SSSR count). The minimum atomic E-state index is -4.86. The largest absolute Gasteiger partial charge is 0.495 e. The molecule has 14 nitrogen and oxygen atoms in total. The summed E-state index contributed by atoms with van der Waals surface area (Å²) >= 11 is 0. The van der Waals surface area contributed by atoms with Gasteiger partial charge < -0.3 is 29.9 Å². The second kappa shape index (κ2) is 15.4. The standard InChI is InChI=1S/C29H33F3N7O7P/c1-4-46-47(42,43)17-18-6-8-24(25(12-18)44-2)36-28-33-15-22(29(30,31)32)26(37-28)35-23-9-7-19(13-21(23)27(41)38-45-3)20-14-34-39(16-20)10-5-11-40/h6-9,12-16,40H,4-5,10-11,17H2,1-3H3,(H,38,41)(H,42,43)(H2,33,35,36,37). The number of hydrogen-bond acceptors (Lipinski definition) is 11. The number of nitrogens with one attached hydrogen (secondary N) is 3. The number of hydrogen-bond donors (Lipinski definition) is 5. The highest BCUT2D eigenvalue weighted by atomic mass is 31.2. The van der Waals surface area contributed by atoms with Crippen molar-refractivity contribution in [2.75, 3.05) is 38.1 Å². The van der Waals surface area contributed by atoms with Crippen LogP contribution in [0.25, 0.3) is 11.1 Å². The van der Waals surface area contributed by atoms with E-state index in [2.05, 4.69) is 31.2 Å². The number of amides is 1. The Balaban J connectivity index is 1.68. The van der Waals surface area contributed by atoms with Crippen LogP contribution in [0, 0.1) is 0 Å². The zero-order valence-electron chi connectivity index (χ0n) is 25.5. The number of methoxy groups -OCH3 is 1. The van der Waals surface area contributed by atoms with Gasteiger partial charge in [0.25, 0.3) is 5.91 Å². The number of ether oxygens (including phenoxy) is 1. The summed E-state index contributed by atoms with van der Waals surface area (Å²) in [5.74, 6) is -1.44. The van der Waals surface area contributed by atoms with Crippen molar-refractivity contribution in [1.82, 2.24) is 25.2 Å². The van der Waals surface area contributed by atoms with Crippen LogP contribution in [-0.4, -0.2) is 63.1 Å². The number of carbonyl (C=O) groups excluding carboxylic acids is 1. The number of aryl methyl sites for hydroxylation is 1. The van der Waals surface area contributed by atoms with E-state index in [-0.39, 0.29) is 48.0 Å². The van der Waals surface area contributed by atoms with Crippen LogP contribution in [0.2, 0.25) is 0 Å². The Morgan fingerprint density at radius 2 is 1.83 bits per heavy atom. The summed E-state index contributed by atoms with van der Waals surface area (Å²) in [5.41, 5.74) is 2.76. The minimum absolute atomic E-state index is 0.0133. The summed E-state index contributed by atoms with van der Waals surface area (Å²) in [5, 5.41) is 18.7. The highest BCUT2D eigenvalue weighted by Gasteiger charge is 2.36. The van der Waals surface area contributed by atoms with Gasteiger partial charge in [-0.05, 0) is 48.7 Å². The van der Waals surface area contributed by atoms with Crippen molar-refractivity contribution in [3.8, 4) is 16.9 Å². The summed E-state index contributed by atoms with van der Waals surface area (Å²) < 4.78 is 66.3. The first-order valence-electron chi connectivity index (χ1n) is 14.1. The van der Waals surface area contributed by atoms with E-state index in [1.54, 1.807) is 30.1 Å². The first-order chi connectivity index (χ1) is 22.4. The zero-order chi connectivity index (χ0) is 34.2. The van der Waals surface area contributed by atoms with Gasteiger partial charge in [0.05, 0.1) is 50.1 Å². The summed E-state index contributed by atoms with van der Waals surface area (Å²) in [6.07, 6.45) is -0.801. The predicted octanol–water partition coefficient (Wildman–Crippen LogP) is 5.25. The van der Waals surface area contributed by atoms with Gasteiger partial charge in [0.2, 0.25) is 5.95 Å². The van der Waals surface area contributed by atoms with E-state index in [0.29, 0.717) is 35.9 Å². The molecule has 47 heavy (non-hydrogen) atoms. The highest BCUT2D eigenvalue weighted by Crippen LogP contribution is 2.46. The number of anilines is 4. The van der Waals surface area contributed by atoms with Gasteiger partial charge in [-0.3, -0.25) is 18.9 Å². The van der Waals surface area contributed by atoms with Crippen LogP contribution in [0.5, 0.6) is 5.75 Å². The Bertz CT molecular complexity index is 1750. The molecule has 252 valence electrons. The molecule has 0 spiro atoms. The molecule has 2 aromatic carbocycles. The lowest BCUT2D eigenvalue weighted by molar-refractivity contribution is -0.137. The van der Waals surface area contributed by atoms with Crippen molar-refractivity contribution >= 4 is 36.6 Å². The number of alkyl halides is 3. The summed E-state index contributed by atoms with van der Waals surface area (Å²) in [6.45, 7) is 2.09. The summed E-state index contributed by atoms with van der Waals surface area (Å²) in [7, 11) is -1.33. The molecular formula is C29H33F3N7O7P. The molecule has 0 aliphatic heterocycles. The number of carbonyl (C=O) groups is 1. The van der Waals surface area contributed by atoms with E-state index in [0.717, 1.165) is 0 Å². The van der Waals surface area contributed by atoms with E-state index in [1.807, 2.05) is 0 Å². The van der Waals surface area contributed by atoms with Gasteiger partial charge in [0.15, 0.2) is 0 Å². The Hall–Kier alpha value is -4.54. The average molecular weight is 680 g/mol. The maximum atomic E-state index is 14.1. The van der Waals surface area contributed by atoms with E-state index < -0.39 is 31.1 Å². The summed E-state index contributed by atoms with van der Waals surface area (Å²) in [4.78, 5) is 35.6. The Morgan fingerprint density at radius 1 is 1.06 bits per heavy atom. The van der Waals surface area contributed by atoms with Gasteiger partial charge in [-0.25, -0.2) is 10.5 Å². The third-order valence-corrected chi connectivity index (χ3v) is 7.97. The van der Waals surface area contributed by atoms with Crippen LogP contribution in [-0.2, 0) is 32.8 Å². The first-order valence-corrected chi connectivity index (χ1v) is 15.9. The van der Waals surface area contributed by atoms with E-state index in [1.165, 1.54) is 44.6 Å². The van der Waals surface area contributed by atoms with Crippen LogP contribution in [0.15, 0.2) is 55.0 Å². The first kappa shape index (κ1) is 35.3. The molecule has 1 atom stereocenters. The lowest BCUT2D eigenvalue weighted by Gasteiger charge is -2.18. The fourth-order valence-corrected chi connectivity index (χ4v) is 5.60. The molecule has 0 fully saturated rings. The van der Waals surface area contributed by atoms with Crippen molar-refractivity contribution in [2.24, 2.45) is 0 Å². The van der Waals surface area contributed by atoms with E-state index >= 15 is 0 Å². The second-order valence-electron chi connectivity index (χ2n) is 9.92. The molecule has 0 aliphatic carbocycles.